The molecule has 1 aromatic carbocycles. The van der Waals surface area contributed by atoms with E-state index in [1.165, 1.54) is 4.80 Å². The highest BCUT2D eigenvalue weighted by atomic mass is 32.1. The fraction of sp³-hybridized carbons (Fsp3) is 0.450. The number of carbonyl (C=O) groups excluding carboxylic acids is 1. The van der Waals surface area contributed by atoms with E-state index in [1.54, 1.807) is 12.4 Å². The summed E-state index contributed by atoms with van der Waals surface area (Å²) in [6.07, 6.45) is 0.448. The Kier molecular flexibility index (Phi) is 5.11. The molecular formula is C20H20F3N7OS. The first-order valence-corrected chi connectivity index (χ1v) is 11.0. The molecule has 8 nitrogen and oxygen atoms in total. The van der Waals surface area contributed by atoms with Crippen LogP contribution in [0.2, 0.25) is 0 Å². The van der Waals surface area contributed by atoms with Crippen molar-refractivity contribution in [3.05, 3.63) is 46.7 Å². The van der Waals surface area contributed by atoms with Crippen LogP contribution < -0.4 is 5.32 Å². The Labute approximate surface area is 185 Å². The van der Waals surface area contributed by atoms with Crippen LogP contribution >= 0.6 is 11.3 Å². The molecule has 2 fully saturated rings. The molecule has 3 atom stereocenters. The van der Waals surface area contributed by atoms with Crippen LogP contribution in [0, 0.1) is 18.8 Å². The minimum atomic E-state index is -4.52. The molecule has 1 amide bonds. The van der Waals surface area contributed by atoms with Crippen molar-refractivity contribution in [1.29, 1.82) is 0 Å². The average molecular weight is 463 g/mol. The molecule has 2 aromatic heterocycles. The number of nitrogens with zero attached hydrogens (tertiary/aromatic N) is 6. The number of nitrogens with one attached hydrogen (secondary N) is 1. The van der Waals surface area contributed by atoms with Crippen molar-refractivity contribution in [2.24, 2.45) is 11.8 Å². The number of amides is 1. The van der Waals surface area contributed by atoms with Crippen LogP contribution in [0.25, 0.3) is 5.69 Å². The van der Waals surface area contributed by atoms with Gasteiger partial charge in [-0.15, -0.1) is 10.2 Å². The maximum atomic E-state index is 13.6. The summed E-state index contributed by atoms with van der Waals surface area (Å²) in [6.45, 7) is 2.85. The molecule has 1 saturated carbocycles. The minimum absolute atomic E-state index is 0.0969. The topological polar surface area (TPSA) is 88.8 Å². The fourth-order valence-corrected chi connectivity index (χ4v) is 4.87. The van der Waals surface area contributed by atoms with Gasteiger partial charge in [0.1, 0.15) is 0 Å². The van der Waals surface area contributed by atoms with Crippen molar-refractivity contribution < 1.29 is 18.0 Å². The van der Waals surface area contributed by atoms with E-state index in [2.05, 4.69) is 25.7 Å². The molecule has 0 radical (unpaired) electrons. The molecule has 32 heavy (non-hydrogen) atoms. The van der Waals surface area contributed by atoms with E-state index in [9.17, 15) is 18.0 Å². The largest absolute Gasteiger partial charge is 0.445 e. The number of hydrogen-bond donors (Lipinski definition) is 1. The van der Waals surface area contributed by atoms with Crippen LogP contribution in [0.3, 0.4) is 0 Å². The van der Waals surface area contributed by atoms with Gasteiger partial charge in [-0.3, -0.25) is 4.79 Å². The monoisotopic (exact) mass is 463 g/mol. The standard InChI is InChI=1S/C20H20F3N7OS/c1-11-2-3-16(30-25-4-5-26-30)15(6-11)17(31)29-10-13-7-12(13)8-14(29)9-24-19-28-27-18(32-19)20(21,22)23/h2-6,12-14H,7-10H2,1H3,(H,24,28). The van der Waals surface area contributed by atoms with E-state index < -0.39 is 11.2 Å². The highest BCUT2D eigenvalue weighted by Crippen LogP contribution is 2.47. The second kappa shape index (κ2) is 7.84. The number of aryl methyl sites for hydroxylation is 1. The minimum Gasteiger partial charge on any atom is -0.358 e. The summed E-state index contributed by atoms with van der Waals surface area (Å²) in [5, 5.41) is 17.2. The summed E-state index contributed by atoms with van der Waals surface area (Å²) in [4.78, 5) is 16.9. The number of piperidine rings is 1. The molecule has 168 valence electrons. The number of halogens is 3. The summed E-state index contributed by atoms with van der Waals surface area (Å²) in [7, 11) is 0. The number of hydrogen-bond acceptors (Lipinski definition) is 7. The molecule has 12 heteroatoms. The zero-order valence-electron chi connectivity index (χ0n) is 17.1. The number of carbonyl (C=O) groups is 1. The first kappa shape index (κ1) is 20.9. The SMILES string of the molecule is Cc1ccc(-n2nccn2)c(C(=O)N2CC3CC3CC2CNc2nnc(C(F)(F)F)s2)c1. The number of alkyl halides is 3. The number of aromatic nitrogens is 5. The zero-order chi connectivity index (χ0) is 22.5. The fourth-order valence-electron chi connectivity index (χ4n) is 4.25. The lowest BCUT2D eigenvalue weighted by molar-refractivity contribution is -0.138. The molecular weight excluding hydrogens is 443 g/mol. The summed E-state index contributed by atoms with van der Waals surface area (Å²) < 4.78 is 38.4. The van der Waals surface area contributed by atoms with Gasteiger partial charge in [0.05, 0.1) is 23.6 Å². The Hall–Kier alpha value is -3.02. The van der Waals surface area contributed by atoms with Gasteiger partial charge in [0.25, 0.3) is 5.91 Å². The van der Waals surface area contributed by atoms with Gasteiger partial charge in [0.2, 0.25) is 10.1 Å². The summed E-state index contributed by atoms with van der Waals surface area (Å²) in [5.41, 5.74) is 2.03. The highest BCUT2D eigenvalue weighted by molar-refractivity contribution is 7.15. The Balaban J connectivity index is 1.38. The molecule has 5 rings (SSSR count). The Morgan fingerprint density at radius 2 is 1.97 bits per heavy atom. The zero-order valence-corrected chi connectivity index (χ0v) is 17.9. The number of fused-ring (bicyclic) bond motifs is 1. The van der Waals surface area contributed by atoms with Crippen LogP contribution in [0.15, 0.2) is 30.6 Å². The van der Waals surface area contributed by atoms with Crippen LogP contribution in [0.5, 0.6) is 0 Å². The number of anilines is 1. The van der Waals surface area contributed by atoms with Gasteiger partial charge in [-0.2, -0.15) is 28.2 Å². The molecule has 0 spiro atoms. The second-order valence-electron chi connectivity index (χ2n) is 8.23. The van der Waals surface area contributed by atoms with Crippen molar-refractivity contribution in [3.63, 3.8) is 0 Å². The van der Waals surface area contributed by atoms with Crippen molar-refractivity contribution in [1.82, 2.24) is 30.1 Å². The molecule has 1 saturated heterocycles. The second-order valence-corrected chi connectivity index (χ2v) is 9.21. The maximum absolute atomic E-state index is 13.6. The third kappa shape index (κ3) is 4.06. The Morgan fingerprint density at radius 3 is 2.69 bits per heavy atom. The van der Waals surface area contributed by atoms with Gasteiger partial charge < -0.3 is 10.2 Å². The van der Waals surface area contributed by atoms with Gasteiger partial charge in [-0.25, -0.2) is 0 Å². The molecule has 3 heterocycles. The summed E-state index contributed by atoms with van der Waals surface area (Å²) >= 11 is 0.467. The maximum Gasteiger partial charge on any atom is 0.445 e. The summed E-state index contributed by atoms with van der Waals surface area (Å²) in [5.74, 6) is 0.895. The van der Waals surface area contributed by atoms with Crippen molar-refractivity contribution in [2.75, 3.05) is 18.4 Å². The lowest BCUT2D eigenvalue weighted by atomic mass is 9.99. The van der Waals surface area contributed by atoms with Gasteiger partial charge in [0, 0.05) is 19.1 Å². The van der Waals surface area contributed by atoms with E-state index in [1.807, 2.05) is 30.0 Å². The molecule has 1 N–H and O–H groups in total. The number of rotatable bonds is 5. The molecule has 1 aliphatic carbocycles. The van der Waals surface area contributed by atoms with Gasteiger partial charge in [0.15, 0.2) is 0 Å². The van der Waals surface area contributed by atoms with E-state index in [0.717, 1.165) is 18.4 Å². The normalized spacial score (nSPS) is 22.5. The van der Waals surface area contributed by atoms with Gasteiger partial charge in [-0.1, -0.05) is 23.0 Å². The third-order valence-electron chi connectivity index (χ3n) is 5.95. The third-order valence-corrected chi connectivity index (χ3v) is 6.88. The van der Waals surface area contributed by atoms with Gasteiger partial charge in [-0.05, 0) is 43.7 Å². The smallest absolute Gasteiger partial charge is 0.358 e. The van der Waals surface area contributed by atoms with Crippen LogP contribution in [-0.2, 0) is 6.18 Å². The lowest BCUT2D eigenvalue weighted by Crippen LogP contribution is -2.48. The van der Waals surface area contributed by atoms with Crippen molar-refractivity contribution in [3.8, 4) is 5.69 Å². The molecule has 2 aliphatic rings. The van der Waals surface area contributed by atoms with E-state index in [0.29, 0.717) is 47.5 Å². The van der Waals surface area contributed by atoms with E-state index in [4.69, 9.17) is 0 Å². The van der Waals surface area contributed by atoms with Crippen LogP contribution in [-0.4, -0.2) is 55.1 Å². The molecule has 0 bridgehead atoms. The van der Waals surface area contributed by atoms with Crippen molar-refractivity contribution in [2.45, 2.75) is 32.0 Å². The Bertz CT molecular complexity index is 1130. The number of likely N-dealkylation sites (tertiary alicyclic amines) is 1. The summed E-state index contributed by atoms with van der Waals surface area (Å²) in [6, 6.07) is 5.38. The lowest BCUT2D eigenvalue weighted by Gasteiger charge is -2.36. The quantitative estimate of drug-likeness (QED) is 0.624. The van der Waals surface area contributed by atoms with Gasteiger partial charge >= 0.3 is 6.18 Å². The predicted octanol–water partition coefficient (Wildman–Crippen LogP) is 3.41. The van der Waals surface area contributed by atoms with Crippen LogP contribution in [0.4, 0.5) is 18.3 Å². The molecule has 3 aromatic rings. The average Bonchev–Trinajstić information content (AvgIpc) is 3.13. The molecule has 3 unspecified atom stereocenters. The van der Waals surface area contributed by atoms with E-state index >= 15 is 0 Å². The number of benzene rings is 1. The highest BCUT2D eigenvalue weighted by Gasteiger charge is 2.47. The first-order valence-electron chi connectivity index (χ1n) is 10.2. The predicted molar refractivity (Wildman–Crippen MR) is 111 cm³/mol. The van der Waals surface area contributed by atoms with Crippen molar-refractivity contribution >= 4 is 22.4 Å². The van der Waals surface area contributed by atoms with Crippen LogP contribution in [0.1, 0.15) is 33.8 Å². The van der Waals surface area contributed by atoms with E-state index in [-0.39, 0.29) is 17.1 Å². The first-order chi connectivity index (χ1) is 15.3. The Morgan fingerprint density at radius 1 is 1.19 bits per heavy atom. The molecule has 1 aliphatic heterocycles.